The van der Waals surface area contributed by atoms with Gasteiger partial charge in [-0.15, -0.1) is 0 Å². The summed E-state index contributed by atoms with van der Waals surface area (Å²) in [5.41, 5.74) is 19.4. The van der Waals surface area contributed by atoms with Gasteiger partial charge in [0, 0.05) is 31.6 Å². The van der Waals surface area contributed by atoms with Crippen LogP contribution in [-0.2, 0) is 27.3 Å². The number of nitrogens with zero attached hydrogens (tertiary/aromatic N) is 2. The van der Waals surface area contributed by atoms with Crippen LogP contribution in [0.5, 0.6) is 0 Å². The third-order valence-electron chi connectivity index (χ3n) is 10.2. The monoisotopic (exact) mass is 672 g/mol. The Bertz CT molecular complexity index is 1400. The quantitative estimate of drug-likeness (QED) is 0.0887. The second-order valence-electron chi connectivity index (χ2n) is 13.9. The molecule has 0 spiro atoms. The standard InChI is InChI=1S/C38H56N8O3/c1-46(25-27-12-5-2-6-13-27)37(49)32(18-11-23-43-38(41)42)44-36(48)33(29-16-9-4-10-17-29)45-35(47)31(28-14-7-3-8-15-28)24-26-19-21-30(22-20-26)34(39)40/h2,5-6,12-13,19-22,28-29,31-33H,3-4,7-11,14-18,23-25H2,1H3,(H3,39,40)(H,44,48)(H,45,47)(H4,41,42,43)/t31?,32-,33?/m0/s1. The van der Waals surface area contributed by atoms with Crippen LogP contribution in [0, 0.1) is 23.2 Å². The summed E-state index contributed by atoms with van der Waals surface area (Å²) >= 11 is 0. The van der Waals surface area contributed by atoms with Crippen LogP contribution in [0.4, 0.5) is 0 Å². The molecule has 3 atom stereocenters. The molecule has 0 aliphatic heterocycles. The van der Waals surface area contributed by atoms with E-state index in [2.05, 4.69) is 15.6 Å². The summed E-state index contributed by atoms with van der Waals surface area (Å²) in [6.45, 7) is 0.739. The van der Waals surface area contributed by atoms with Crippen LogP contribution in [0.2, 0.25) is 0 Å². The Balaban J connectivity index is 1.55. The predicted molar refractivity (Wildman–Crippen MR) is 194 cm³/mol. The van der Waals surface area contributed by atoms with E-state index in [-0.39, 0.29) is 47.3 Å². The Labute approximate surface area is 291 Å². The summed E-state index contributed by atoms with van der Waals surface area (Å²) in [7, 11) is 1.74. The average Bonchev–Trinajstić information content (AvgIpc) is 3.11. The molecule has 3 amide bonds. The summed E-state index contributed by atoms with van der Waals surface area (Å²) in [5.74, 6) is -0.732. The van der Waals surface area contributed by atoms with Crippen LogP contribution in [-0.4, -0.2) is 60.1 Å². The first-order valence-electron chi connectivity index (χ1n) is 18.0. The highest BCUT2D eigenvalue weighted by Gasteiger charge is 2.37. The fourth-order valence-electron chi connectivity index (χ4n) is 7.43. The number of amides is 3. The number of hydrogen-bond acceptors (Lipinski definition) is 5. The van der Waals surface area contributed by atoms with Gasteiger partial charge in [0.15, 0.2) is 5.96 Å². The maximum absolute atomic E-state index is 14.3. The van der Waals surface area contributed by atoms with Gasteiger partial charge < -0.3 is 32.7 Å². The van der Waals surface area contributed by atoms with Crippen molar-refractivity contribution in [3.63, 3.8) is 0 Å². The second kappa shape index (κ2) is 19.0. The van der Waals surface area contributed by atoms with E-state index in [1.54, 1.807) is 11.9 Å². The third kappa shape index (κ3) is 11.6. The van der Waals surface area contributed by atoms with E-state index in [0.29, 0.717) is 37.9 Å². The van der Waals surface area contributed by atoms with E-state index in [1.165, 1.54) is 6.42 Å². The highest BCUT2D eigenvalue weighted by molar-refractivity contribution is 5.95. The van der Waals surface area contributed by atoms with Crippen molar-refractivity contribution >= 4 is 29.5 Å². The number of amidine groups is 1. The molecule has 2 aromatic rings. The number of nitrogens with one attached hydrogen (secondary N) is 3. The molecule has 4 rings (SSSR count). The van der Waals surface area contributed by atoms with Gasteiger partial charge in [-0.2, -0.15) is 0 Å². The summed E-state index contributed by atoms with van der Waals surface area (Å²) < 4.78 is 0. The molecule has 49 heavy (non-hydrogen) atoms. The summed E-state index contributed by atoms with van der Waals surface area (Å²) in [4.78, 5) is 48.1. The molecule has 11 heteroatoms. The average molecular weight is 673 g/mol. The Kier molecular flexibility index (Phi) is 14.5. The number of hydrogen-bond donors (Lipinski definition) is 6. The van der Waals surface area contributed by atoms with E-state index in [0.717, 1.165) is 68.9 Å². The van der Waals surface area contributed by atoms with Crippen molar-refractivity contribution in [1.82, 2.24) is 15.5 Å². The molecule has 2 saturated carbocycles. The first-order chi connectivity index (χ1) is 23.6. The lowest BCUT2D eigenvalue weighted by molar-refractivity contribution is -0.138. The minimum Gasteiger partial charge on any atom is -0.384 e. The first kappa shape index (κ1) is 37.4. The minimum atomic E-state index is -0.799. The third-order valence-corrected chi connectivity index (χ3v) is 10.2. The van der Waals surface area contributed by atoms with Crippen molar-refractivity contribution in [2.45, 2.75) is 102 Å². The van der Waals surface area contributed by atoms with Crippen LogP contribution in [0.1, 0.15) is 93.7 Å². The zero-order chi connectivity index (χ0) is 35.2. The van der Waals surface area contributed by atoms with Gasteiger partial charge in [-0.1, -0.05) is 93.1 Å². The van der Waals surface area contributed by atoms with Crippen molar-refractivity contribution < 1.29 is 14.4 Å². The number of nitrogen functional groups attached to an aromatic ring is 1. The molecule has 11 nitrogen and oxygen atoms in total. The van der Waals surface area contributed by atoms with Gasteiger partial charge in [-0.3, -0.25) is 24.8 Å². The van der Waals surface area contributed by atoms with Crippen molar-refractivity contribution in [3.8, 4) is 0 Å². The molecule has 2 aliphatic rings. The van der Waals surface area contributed by atoms with Crippen LogP contribution in [0.3, 0.4) is 0 Å². The van der Waals surface area contributed by atoms with Crippen LogP contribution in [0.25, 0.3) is 0 Å². The van der Waals surface area contributed by atoms with E-state index in [4.69, 9.17) is 22.6 Å². The van der Waals surface area contributed by atoms with E-state index >= 15 is 0 Å². The highest BCUT2D eigenvalue weighted by atomic mass is 16.2. The molecule has 2 aromatic carbocycles. The van der Waals surface area contributed by atoms with Crippen molar-refractivity contribution in [3.05, 3.63) is 71.3 Å². The zero-order valence-electron chi connectivity index (χ0n) is 29.0. The fraction of sp³-hybridized carbons (Fsp3) is 0.553. The van der Waals surface area contributed by atoms with Crippen molar-refractivity contribution in [1.29, 1.82) is 5.41 Å². The number of aliphatic imine (C=N–C) groups is 1. The Morgan fingerprint density at radius 3 is 2.02 bits per heavy atom. The van der Waals surface area contributed by atoms with Gasteiger partial charge in [0.2, 0.25) is 17.7 Å². The van der Waals surface area contributed by atoms with Crippen LogP contribution >= 0.6 is 0 Å². The second-order valence-corrected chi connectivity index (χ2v) is 13.9. The van der Waals surface area contributed by atoms with Gasteiger partial charge in [0.1, 0.15) is 17.9 Å². The highest BCUT2D eigenvalue weighted by Crippen LogP contribution is 2.33. The Morgan fingerprint density at radius 2 is 1.43 bits per heavy atom. The van der Waals surface area contributed by atoms with Gasteiger partial charge >= 0.3 is 0 Å². The molecule has 0 aromatic heterocycles. The van der Waals surface area contributed by atoms with Crippen molar-refractivity contribution in [2.75, 3.05) is 13.6 Å². The number of nitrogens with two attached hydrogens (primary N) is 3. The molecule has 9 N–H and O–H groups in total. The molecule has 0 bridgehead atoms. The van der Waals surface area contributed by atoms with E-state index in [1.807, 2.05) is 54.6 Å². The maximum Gasteiger partial charge on any atom is 0.245 e. The molecule has 0 saturated heterocycles. The molecule has 2 aliphatic carbocycles. The summed E-state index contributed by atoms with van der Waals surface area (Å²) in [6.07, 6.45) is 11.5. The molecule has 2 fully saturated rings. The first-order valence-corrected chi connectivity index (χ1v) is 18.0. The van der Waals surface area contributed by atoms with E-state index in [9.17, 15) is 14.4 Å². The minimum absolute atomic E-state index is 0.00810. The van der Waals surface area contributed by atoms with Crippen LogP contribution in [0.15, 0.2) is 59.6 Å². The van der Waals surface area contributed by atoms with Gasteiger partial charge in [0.25, 0.3) is 0 Å². The lowest BCUT2D eigenvalue weighted by atomic mass is 9.76. The van der Waals surface area contributed by atoms with Gasteiger partial charge in [-0.25, -0.2) is 0 Å². The molecule has 266 valence electrons. The SMILES string of the molecule is CN(Cc1ccccc1)C(=O)[C@H](CCCN=C(N)N)NC(=O)C(NC(=O)C(Cc1ccc(C(=N)N)cc1)C1CCCCC1)C1CCCCC1. The summed E-state index contributed by atoms with van der Waals surface area (Å²) in [6, 6.07) is 15.7. The molecular weight excluding hydrogens is 616 g/mol. The maximum atomic E-state index is 14.3. The predicted octanol–water partition coefficient (Wildman–Crippen LogP) is 3.97. The number of likely N-dealkylation sites (N-methyl/N-ethyl adjacent to an activating group) is 1. The Morgan fingerprint density at radius 1 is 0.816 bits per heavy atom. The van der Waals surface area contributed by atoms with Crippen molar-refractivity contribution in [2.24, 2.45) is 39.9 Å². The number of guanidine groups is 1. The summed E-state index contributed by atoms with van der Waals surface area (Å²) in [5, 5.41) is 14.1. The number of carbonyl (C=O) groups is 3. The number of carbonyl (C=O) groups excluding carboxylic acids is 3. The smallest absolute Gasteiger partial charge is 0.245 e. The largest absolute Gasteiger partial charge is 0.384 e. The molecule has 0 heterocycles. The molecular formula is C38H56N8O3. The number of rotatable bonds is 16. The lowest BCUT2D eigenvalue weighted by Gasteiger charge is -2.35. The molecule has 2 unspecified atom stereocenters. The topological polar surface area (TPSA) is 193 Å². The van der Waals surface area contributed by atoms with E-state index < -0.39 is 12.1 Å². The van der Waals surface area contributed by atoms with Crippen LogP contribution < -0.4 is 27.8 Å². The normalized spacial score (nSPS) is 17.2. The fourth-order valence-corrected chi connectivity index (χ4v) is 7.43. The lowest BCUT2D eigenvalue weighted by Crippen LogP contribution is -2.57. The zero-order valence-corrected chi connectivity index (χ0v) is 29.0. The molecule has 0 radical (unpaired) electrons. The van der Waals surface area contributed by atoms with Gasteiger partial charge in [-0.05, 0) is 67.9 Å². The Hall–Kier alpha value is -4.41. The van der Waals surface area contributed by atoms with Gasteiger partial charge in [0.05, 0.1) is 0 Å². The number of benzene rings is 2.